The number of Topliss-reactive ketones (excluding diaryl/α,β-unsaturated/α-hetero) is 1. The SMILES string of the molecule is CC(=O)c1ccc(NC(C)(C)C)c([N+](=O)[O-])c1. The zero-order chi connectivity index (χ0) is 13.2. The summed E-state index contributed by atoms with van der Waals surface area (Å²) in [5.41, 5.74) is 0.416. The molecule has 0 aliphatic heterocycles. The summed E-state index contributed by atoms with van der Waals surface area (Å²) in [5, 5.41) is 14.0. The van der Waals surface area contributed by atoms with Gasteiger partial charge in [0.1, 0.15) is 5.69 Å². The van der Waals surface area contributed by atoms with E-state index < -0.39 is 4.92 Å². The zero-order valence-electron chi connectivity index (χ0n) is 10.4. The van der Waals surface area contributed by atoms with Crippen LogP contribution in [0.15, 0.2) is 18.2 Å². The maximum absolute atomic E-state index is 11.2. The lowest BCUT2D eigenvalue weighted by atomic mass is 10.1. The third kappa shape index (κ3) is 3.55. The minimum absolute atomic E-state index is 0.0763. The lowest BCUT2D eigenvalue weighted by molar-refractivity contribution is -0.384. The highest BCUT2D eigenvalue weighted by Gasteiger charge is 2.19. The van der Waals surface area contributed by atoms with E-state index in [2.05, 4.69) is 5.32 Å². The standard InChI is InChI=1S/C12H16N2O3/c1-8(15)9-5-6-10(13-12(2,3)4)11(7-9)14(16)17/h5-7,13H,1-4H3. The molecule has 5 heteroatoms. The van der Waals surface area contributed by atoms with Crippen LogP contribution in [0.25, 0.3) is 0 Å². The van der Waals surface area contributed by atoms with Gasteiger partial charge in [0.05, 0.1) is 4.92 Å². The van der Waals surface area contributed by atoms with Gasteiger partial charge in [-0.15, -0.1) is 0 Å². The van der Waals surface area contributed by atoms with Gasteiger partial charge in [0.2, 0.25) is 0 Å². The molecule has 92 valence electrons. The summed E-state index contributed by atoms with van der Waals surface area (Å²) < 4.78 is 0. The fraction of sp³-hybridized carbons (Fsp3) is 0.417. The summed E-state index contributed by atoms with van der Waals surface area (Å²) in [6, 6.07) is 4.46. The third-order valence-electron chi connectivity index (χ3n) is 2.11. The van der Waals surface area contributed by atoms with Gasteiger partial charge >= 0.3 is 0 Å². The molecular formula is C12H16N2O3. The number of benzene rings is 1. The van der Waals surface area contributed by atoms with Crippen molar-refractivity contribution in [1.29, 1.82) is 0 Å². The Morgan fingerprint density at radius 1 is 1.35 bits per heavy atom. The molecule has 0 bridgehead atoms. The first-order valence-electron chi connectivity index (χ1n) is 5.28. The number of hydrogen-bond acceptors (Lipinski definition) is 4. The Bertz CT molecular complexity index is 461. The normalized spacial score (nSPS) is 11.1. The average molecular weight is 236 g/mol. The lowest BCUT2D eigenvalue weighted by Gasteiger charge is -2.22. The number of nitrogens with one attached hydrogen (secondary N) is 1. The molecule has 0 heterocycles. The molecule has 5 nitrogen and oxygen atoms in total. The summed E-state index contributed by atoms with van der Waals surface area (Å²) >= 11 is 0. The molecule has 0 aliphatic rings. The Labute approximate surface area is 100.0 Å². The number of carbonyl (C=O) groups is 1. The Morgan fingerprint density at radius 2 is 1.94 bits per heavy atom. The van der Waals surface area contributed by atoms with Crippen molar-refractivity contribution >= 4 is 17.2 Å². The number of carbonyl (C=O) groups excluding carboxylic acids is 1. The smallest absolute Gasteiger partial charge is 0.293 e. The van der Waals surface area contributed by atoms with Crippen molar-refractivity contribution in [1.82, 2.24) is 0 Å². The van der Waals surface area contributed by atoms with Gasteiger partial charge < -0.3 is 5.32 Å². The average Bonchev–Trinajstić information content (AvgIpc) is 2.14. The Hall–Kier alpha value is -1.91. The third-order valence-corrected chi connectivity index (χ3v) is 2.11. The van der Waals surface area contributed by atoms with Crippen LogP contribution in [0.3, 0.4) is 0 Å². The highest BCUT2D eigenvalue weighted by Crippen LogP contribution is 2.28. The monoisotopic (exact) mass is 236 g/mol. The second-order valence-electron chi connectivity index (χ2n) is 4.92. The van der Waals surface area contributed by atoms with Crippen LogP contribution in [0.4, 0.5) is 11.4 Å². The van der Waals surface area contributed by atoms with E-state index in [0.29, 0.717) is 11.3 Å². The van der Waals surface area contributed by atoms with Gasteiger partial charge in [-0.3, -0.25) is 14.9 Å². The maximum atomic E-state index is 11.2. The molecule has 0 atom stereocenters. The van der Waals surface area contributed by atoms with Crippen molar-refractivity contribution in [2.45, 2.75) is 33.2 Å². The molecule has 0 saturated carbocycles. The van der Waals surface area contributed by atoms with Gasteiger partial charge in [-0.05, 0) is 39.8 Å². The summed E-state index contributed by atoms with van der Waals surface area (Å²) in [6.07, 6.45) is 0. The van der Waals surface area contributed by atoms with E-state index in [1.807, 2.05) is 20.8 Å². The molecule has 1 aromatic rings. The first kappa shape index (κ1) is 13.2. The van der Waals surface area contributed by atoms with Gasteiger partial charge in [0, 0.05) is 17.2 Å². The second kappa shape index (κ2) is 4.53. The Balaban J connectivity index is 3.23. The van der Waals surface area contributed by atoms with E-state index >= 15 is 0 Å². The number of nitro benzene ring substituents is 1. The first-order valence-corrected chi connectivity index (χ1v) is 5.28. The predicted molar refractivity (Wildman–Crippen MR) is 66.5 cm³/mol. The minimum atomic E-state index is -0.486. The van der Waals surface area contributed by atoms with Gasteiger partial charge in [-0.1, -0.05) is 0 Å². The van der Waals surface area contributed by atoms with Crippen LogP contribution in [0, 0.1) is 10.1 Å². The van der Waals surface area contributed by atoms with Gasteiger partial charge in [-0.2, -0.15) is 0 Å². The van der Waals surface area contributed by atoms with Crippen molar-refractivity contribution in [3.05, 3.63) is 33.9 Å². The van der Waals surface area contributed by atoms with Crippen LogP contribution < -0.4 is 5.32 Å². The van der Waals surface area contributed by atoms with Crippen LogP contribution in [0.1, 0.15) is 38.1 Å². The van der Waals surface area contributed by atoms with E-state index in [1.54, 1.807) is 12.1 Å². The van der Waals surface area contributed by atoms with Crippen LogP contribution >= 0.6 is 0 Å². The van der Waals surface area contributed by atoms with Crippen molar-refractivity contribution in [3.8, 4) is 0 Å². The van der Waals surface area contributed by atoms with E-state index in [4.69, 9.17) is 0 Å². The first-order chi connectivity index (χ1) is 7.70. The summed E-state index contributed by atoms with van der Waals surface area (Å²) in [4.78, 5) is 21.6. The lowest BCUT2D eigenvalue weighted by Crippen LogP contribution is -2.26. The summed E-state index contributed by atoms with van der Waals surface area (Å²) in [6.45, 7) is 7.12. The van der Waals surface area contributed by atoms with Crippen molar-refractivity contribution in [2.24, 2.45) is 0 Å². The minimum Gasteiger partial charge on any atom is -0.375 e. The van der Waals surface area contributed by atoms with E-state index in [-0.39, 0.29) is 17.0 Å². The number of nitro groups is 1. The molecule has 1 rings (SSSR count). The number of rotatable bonds is 3. The van der Waals surface area contributed by atoms with Crippen molar-refractivity contribution in [2.75, 3.05) is 5.32 Å². The molecule has 0 amide bonds. The van der Waals surface area contributed by atoms with Crippen molar-refractivity contribution < 1.29 is 9.72 Å². The number of anilines is 1. The molecule has 0 unspecified atom stereocenters. The van der Waals surface area contributed by atoms with Gasteiger partial charge in [-0.25, -0.2) is 0 Å². The van der Waals surface area contributed by atoms with Gasteiger partial charge in [0.15, 0.2) is 5.78 Å². The van der Waals surface area contributed by atoms with Crippen LogP contribution in [0.2, 0.25) is 0 Å². The fourth-order valence-corrected chi connectivity index (χ4v) is 1.41. The number of ketones is 1. The Kier molecular flexibility index (Phi) is 3.50. The molecule has 0 saturated heterocycles. The van der Waals surface area contributed by atoms with E-state index in [9.17, 15) is 14.9 Å². The zero-order valence-corrected chi connectivity index (χ0v) is 10.4. The summed E-state index contributed by atoms with van der Waals surface area (Å²) in [5.74, 6) is -0.185. The van der Waals surface area contributed by atoms with Crippen molar-refractivity contribution in [3.63, 3.8) is 0 Å². The highest BCUT2D eigenvalue weighted by molar-refractivity contribution is 5.95. The molecule has 0 aromatic heterocycles. The predicted octanol–water partition coefficient (Wildman–Crippen LogP) is 3.01. The molecular weight excluding hydrogens is 220 g/mol. The van der Waals surface area contributed by atoms with Crippen LogP contribution in [-0.2, 0) is 0 Å². The van der Waals surface area contributed by atoms with Gasteiger partial charge in [0.25, 0.3) is 5.69 Å². The largest absolute Gasteiger partial charge is 0.375 e. The van der Waals surface area contributed by atoms with Crippen LogP contribution in [0.5, 0.6) is 0 Å². The van der Waals surface area contributed by atoms with E-state index in [1.165, 1.54) is 13.0 Å². The summed E-state index contributed by atoms with van der Waals surface area (Å²) in [7, 11) is 0. The van der Waals surface area contributed by atoms with Crippen LogP contribution in [-0.4, -0.2) is 16.2 Å². The number of hydrogen-bond donors (Lipinski definition) is 1. The van der Waals surface area contributed by atoms with E-state index in [0.717, 1.165) is 0 Å². The second-order valence-corrected chi connectivity index (χ2v) is 4.92. The Morgan fingerprint density at radius 3 is 2.35 bits per heavy atom. The molecule has 1 N–H and O–H groups in total. The number of nitrogens with zero attached hydrogens (tertiary/aromatic N) is 1. The quantitative estimate of drug-likeness (QED) is 0.497. The highest BCUT2D eigenvalue weighted by atomic mass is 16.6. The fourth-order valence-electron chi connectivity index (χ4n) is 1.41. The molecule has 17 heavy (non-hydrogen) atoms. The molecule has 0 fully saturated rings. The molecule has 0 radical (unpaired) electrons. The topological polar surface area (TPSA) is 72.2 Å². The molecule has 1 aromatic carbocycles. The maximum Gasteiger partial charge on any atom is 0.293 e. The molecule has 0 spiro atoms. The molecule has 0 aliphatic carbocycles.